The predicted molar refractivity (Wildman–Crippen MR) is 91.5 cm³/mol. The minimum Gasteiger partial charge on any atom is -0.492 e. The first kappa shape index (κ1) is 16.3. The van der Waals surface area contributed by atoms with Crippen molar-refractivity contribution >= 4 is 34.2 Å². The lowest BCUT2D eigenvalue weighted by atomic mass is 9.82. The second kappa shape index (κ2) is 7.80. The van der Waals surface area contributed by atoms with Crippen molar-refractivity contribution in [2.45, 2.75) is 25.7 Å². The highest BCUT2D eigenvalue weighted by Gasteiger charge is 2.22. The van der Waals surface area contributed by atoms with Crippen molar-refractivity contribution in [2.75, 3.05) is 27.2 Å². The van der Waals surface area contributed by atoms with Gasteiger partial charge in [0.15, 0.2) is 0 Å². The summed E-state index contributed by atoms with van der Waals surface area (Å²) in [6, 6.07) is 1.81. The fourth-order valence-electron chi connectivity index (χ4n) is 2.81. The molecule has 0 saturated heterocycles. The van der Waals surface area contributed by atoms with E-state index in [2.05, 4.69) is 46.6 Å². The lowest BCUT2D eigenvalue weighted by Gasteiger charge is -2.30. The monoisotopic (exact) mass is 408 g/mol. The Hall–Kier alpha value is -0.0700. The minimum absolute atomic E-state index is 0.495. The van der Waals surface area contributed by atoms with Crippen LogP contribution in [0.3, 0.4) is 0 Å². The van der Waals surface area contributed by atoms with Crippen LogP contribution in [-0.4, -0.2) is 37.1 Å². The highest BCUT2D eigenvalue weighted by atomic mass is 127. The molecule has 3 nitrogen and oxygen atoms in total. The Morgan fingerprint density at radius 2 is 1.95 bits per heavy atom. The Morgan fingerprint density at radius 3 is 2.60 bits per heavy atom. The molecule has 0 N–H and O–H groups in total. The molecule has 1 aromatic rings. The number of halogens is 2. The maximum absolute atomic E-state index is 5.93. The van der Waals surface area contributed by atoms with Crippen LogP contribution < -0.4 is 4.74 Å². The topological polar surface area (TPSA) is 25.4 Å². The Kier molecular flexibility index (Phi) is 6.36. The van der Waals surface area contributed by atoms with Crippen LogP contribution in [0.15, 0.2) is 12.3 Å². The molecule has 0 aromatic carbocycles. The number of aromatic nitrogens is 1. The summed E-state index contributed by atoms with van der Waals surface area (Å²) in [4.78, 5) is 6.34. The molecule has 1 saturated carbocycles. The van der Waals surface area contributed by atoms with E-state index in [1.54, 1.807) is 12.3 Å². The largest absolute Gasteiger partial charge is 0.492 e. The van der Waals surface area contributed by atoms with Crippen LogP contribution >= 0.6 is 34.2 Å². The minimum atomic E-state index is 0.495. The van der Waals surface area contributed by atoms with Crippen molar-refractivity contribution < 1.29 is 4.74 Å². The van der Waals surface area contributed by atoms with E-state index < -0.39 is 0 Å². The van der Waals surface area contributed by atoms with Gasteiger partial charge in [0.05, 0.1) is 10.2 Å². The van der Waals surface area contributed by atoms with Gasteiger partial charge < -0.3 is 9.64 Å². The quantitative estimate of drug-likeness (QED) is 0.542. The Morgan fingerprint density at radius 1 is 1.30 bits per heavy atom. The third kappa shape index (κ3) is 5.04. The molecule has 1 aliphatic carbocycles. The molecular weight excluding hydrogens is 387 g/mol. The van der Waals surface area contributed by atoms with Crippen molar-refractivity contribution in [3.05, 3.63) is 21.0 Å². The predicted octanol–water partition coefficient (Wildman–Crippen LogP) is 4.09. The zero-order valence-corrected chi connectivity index (χ0v) is 15.0. The van der Waals surface area contributed by atoms with E-state index in [0.717, 1.165) is 21.8 Å². The van der Waals surface area contributed by atoms with Crippen LogP contribution in [0.4, 0.5) is 0 Å². The summed E-state index contributed by atoms with van der Waals surface area (Å²) in [5.41, 5.74) is 0. The Bertz CT molecular complexity index is 434. The molecule has 0 atom stereocenters. The van der Waals surface area contributed by atoms with E-state index >= 15 is 0 Å². The summed E-state index contributed by atoms with van der Waals surface area (Å²) in [7, 11) is 4.31. The van der Waals surface area contributed by atoms with Gasteiger partial charge >= 0.3 is 0 Å². The molecule has 1 aliphatic rings. The number of nitrogens with zero attached hydrogens (tertiary/aromatic N) is 2. The first-order chi connectivity index (χ1) is 9.54. The number of ether oxygens (including phenoxy) is 1. The van der Waals surface area contributed by atoms with Crippen molar-refractivity contribution in [3.8, 4) is 5.75 Å². The van der Waals surface area contributed by atoms with Gasteiger partial charge in [0, 0.05) is 18.8 Å². The summed E-state index contributed by atoms with van der Waals surface area (Å²) in [6.45, 7) is 2.01. The van der Waals surface area contributed by atoms with E-state index in [1.165, 1.54) is 32.2 Å². The molecule has 0 unspecified atom stereocenters. The molecule has 0 amide bonds. The fourth-order valence-corrected chi connectivity index (χ4v) is 3.41. The molecule has 0 spiro atoms. The van der Waals surface area contributed by atoms with Crippen LogP contribution in [0, 0.1) is 15.4 Å². The first-order valence-electron chi connectivity index (χ1n) is 7.13. The van der Waals surface area contributed by atoms with Crippen molar-refractivity contribution in [1.29, 1.82) is 0 Å². The highest BCUT2D eigenvalue weighted by molar-refractivity contribution is 14.1. The lowest BCUT2D eigenvalue weighted by Crippen LogP contribution is -2.27. The zero-order chi connectivity index (χ0) is 14.5. The van der Waals surface area contributed by atoms with Gasteiger partial charge in [-0.15, -0.1) is 0 Å². The number of hydrogen-bond donors (Lipinski definition) is 0. The molecule has 1 fully saturated rings. The Labute approximate surface area is 140 Å². The number of pyridine rings is 1. The highest BCUT2D eigenvalue weighted by Crippen LogP contribution is 2.30. The lowest BCUT2D eigenvalue weighted by molar-refractivity contribution is 0.166. The first-order valence-corrected chi connectivity index (χ1v) is 8.59. The SMILES string of the molecule is CN(C)C[C@H]1CC[C@H](COc2cc(Cl)ncc2I)CC1. The standard InChI is InChI=1S/C15H22ClIN2O/c1-19(2)9-11-3-5-12(6-4-11)10-20-14-7-15(16)18-8-13(14)17/h7-8,11-12H,3-6,9-10H2,1-2H3/t11-,12-. The van der Waals surface area contributed by atoms with Crippen molar-refractivity contribution in [3.63, 3.8) is 0 Å². The Balaban J connectivity index is 1.77. The van der Waals surface area contributed by atoms with E-state index in [0.29, 0.717) is 11.1 Å². The molecule has 2 rings (SSSR count). The van der Waals surface area contributed by atoms with Crippen molar-refractivity contribution in [2.24, 2.45) is 11.8 Å². The van der Waals surface area contributed by atoms with Gasteiger partial charge in [-0.25, -0.2) is 4.98 Å². The average molecular weight is 409 g/mol. The molecule has 1 aromatic heterocycles. The molecule has 0 aliphatic heterocycles. The second-order valence-electron chi connectivity index (χ2n) is 5.90. The van der Waals surface area contributed by atoms with E-state index in [-0.39, 0.29) is 0 Å². The summed E-state index contributed by atoms with van der Waals surface area (Å²) >= 11 is 8.14. The van der Waals surface area contributed by atoms with E-state index in [9.17, 15) is 0 Å². The maximum Gasteiger partial charge on any atom is 0.137 e. The average Bonchev–Trinajstić information content (AvgIpc) is 2.41. The molecule has 0 radical (unpaired) electrons. The summed E-state index contributed by atoms with van der Waals surface area (Å²) in [5.74, 6) is 2.40. The zero-order valence-electron chi connectivity index (χ0n) is 12.1. The summed E-state index contributed by atoms with van der Waals surface area (Å²) in [6.07, 6.45) is 6.94. The van der Waals surface area contributed by atoms with E-state index in [4.69, 9.17) is 16.3 Å². The third-order valence-electron chi connectivity index (χ3n) is 3.85. The molecule has 20 heavy (non-hydrogen) atoms. The third-order valence-corrected chi connectivity index (χ3v) is 4.87. The molecule has 1 heterocycles. The molecule has 5 heteroatoms. The summed E-state index contributed by atoms with van der Waals surface area (Å²) < 4.78 is 6.95. The normalized spacial score (nSPS) is 23.1. The van der Waals surface area contributed by atoms with Gasteiger partial charge in [0.1, 0.15) is 10.9 Å². The fraction of sp³-hybridized carbons (Fsp3) is 0.667. The number of rotatable bonds is 5. The second-order valence-corrected chi connectivity index (χ2v) is 7.45. The smallest absolute Gasteiger partial charge is 0.137 e. The van der Waals surface area contributed by atoms with E-state index in [1.807, 2.05) is 0 Å². The number of hydrogen-bond acceptors (Lipinski definition) is 3. The summed E-state index contributed by atoms with van der Waals surface area (Å²) in [5, 5.41) is 0.495. The van der Waals surface area contributed by atoms with Crippen LogP contribution in [0.25, 0.3) is 0 Å². The maximum atomic E-state index is 5.93. The van der Waals surface area contributed by atoms with Gasteiger partial charge in [-0.05, 0) is 74.2 Å². The van der Waals surface area contributed by atoms with Gasteiger partial charge in [-0.1, -0.05) is 11.6 Å². The van der Waals surface area contributed by atoms with Crippen LogP contribution in [-0.2, 0) is 0 Å². The van der Waals surface area contributed by atoms with Crippen LogP contribution in [0.5, 0.6) is 5.75 Å². The van der Waals surface area contributed by atoms with Gasteiger partial charge in [0.25, 0.3) is 0 Å². The van der Waals surface area contributed by atoms with Gasteiger partial charge in [-0.2, -0.15) is 0 Å². The van der Waals surface area contributed by atoms with Crippen molar-refractivity contribution in [1.82, 2.24) is 9.88 Å². The van der Waals surface area contributed by atoms with Crippen LogP contribution in [0.2, 0.25) is 5.15 Å². The van der Waals surface area contributed by atoms with Crippen LogP contribution in [0.1, 0.15) is 25.7 Å². The molecule has 112 valence electrons. The van der Waals surface area contributed by atoms with Gasteiger partial charge in [0.2, 0.25) is 0 Å². The molecule has 0 bridgehead atoms. The molecular formula is C15H22ClIN2O. The van der Waals surface area contributed by atoms with Gasteiger partial charge in [-0.3, -0.25) is 0 Å².